The Morgan fingerprint density at radius 2 is 2.00 bits per heavy atom. The molecule has 20 heavy (non-hydrogen) atoms. The molecule has 1 N–H and O–H groups in total. The first-order valence-electron chi connectivity index (χ1n) is 7.13. The van der Waals surface area contributed by atoms with Gasteiger partial charge in [0.05, 0.1) is 6.10 Å². The standard InChI is InChI=1S/C17H22N2O/c1-3-14(2)20-17-9-5-4-8-16(17)13-19-12-15-7-6-10-18-11-15/h4-11,14,19H,3,12-13H2,1-2H3. The monoisotopic (exact) mass is 270 g/mol. The van der Waals surface area contributed by atoms with Crippen LogP contribution in [0, 0.1) is 0 Å². The van der Waals surface area contributed by atoms with Gasteiger partial charge < -0.3 is 10.1 Å². The average molecular weight is 270 g/mol. The van der Waals surface area contributed by atoms with E-state index in [1.807, 2.05) is 30.5 Å². The van der Waals surface area contributed by atoms with Gasteiger partial charge in [0.2, 0.25) is 0 Å². The molecule has 0 spiro atoms. The Labute approximate surface area is 121 Å². The lowest BCUT2D eigenvalue weighted by atomic mass is 10.2. The molecule has 1 aromatic heterocycles. The van der Waals surface area contributed by atoms with Crippen molar-refractivity contribution in [1.29, 1.82) is 0 Å². The highest BCUT2D eigenvalue weighted by Crippen LogP contribution is 2.20. The Morgan fingerprint density at radius 3 is 2.75 bits per heavy atom. The van der Waals surface area contributed by atoms with Gasteiger partial charge in [-0.2, -0.15) is 0 Å². The maximum Gasteiger partial charge on any atom is 0.124 e. The van der Waals surface area contributed by atoms with Crippen molar-refractivity contribution in [3.05, 3.63) is 59.9 Å². The van der Waals surface area contributed by atoms with Gasteiger partial charge in [-0.15, -0.1) is 0 Å². The maximum atomic E-state index is 5.95. The number of para-hydroxylation sites is 1. The van der Waals surface area contributed by atoms with Crippen molar-refractivity contribution in [2.75, 3.05) is 0 Å². The molecule has 1 aromatic carbocycles. The molecule has 3 heteroatoms. The van der Waals surface area contributed by atoms with Crippen LogP contribution >= 0.6 is 0 Å². The van der Waals surface area contributed by atoms with Gasteiger partial charge in [0.25, 0.3) is 0 Å². The second-order valence-electron chi connectivity index (χ2n) is 4.91. The molecule has 0 aliphatic heterocycles. The number of aromatic nitrogens is 1. The summed E-state index contributed by atoms with van der Waals surface area (Å²) < 4.78 is 5.95. The summed E-state index contributed by atoms with van der Waals surface area (Å²) in [6.45, 7) is 5.83. The van der Waals surface area contributed by atoms with Crippen LogP contribution in [0.15, 0.2) is 48.8 Å². The molecule has 0 saturated carbocycles. The highest BCUT2D eigenvalue weighted by atomic mass is 16.5. The van der Waals surface area contributed by atoms with Crippen LogP contribution in [0.25, 0.3) is 0 Å². The smallest absolute Gasteiger partial charge is 0.124 e. The predicted molar refractivity (Wildman–Crippen MR) is 81.6 cm³/mol. The number of nitrogens with zero attached hydrogens (tertiary/aromatic N) is 1. The second kappa shape index (κ2) is 7.65. The summed E-state index contributed by atoms with van der Waals surface area (Å²) in [7, 11) is 0. The Bertz CT molecular complexity index is 513. The normalized spacial score (nSPS) is 12.1. The first kappa shape index (κ1) is 14.5. The van der Waals surface area contributed by atoms with Crippen LogP contribution in [-0.2, 0) is 13.1 Å². The summed E-state index contributed by atoms with van der Waals surface area (Å²) in [5.41, 5.74) is 2.38. The van der Waals surface area contributed by atoms with E-state index in [0.717, 1.165) is 25.3 Å². The van der Waals surface area contributed by atoms with Crippen LogP contribution < -0.4 is 10.1 Å². The Kier molecular flexibility index (Phi) is 5.56. The van der Waals surface area contributed by atoms with Gasteiger partial charge in [0.1, 0.15) is 5.75 Å². The number of ether oxygens (including phenoxy) is 1. The third kappa shape index (κ3) is 4.35. The third-order valence-electron chi connectivity index (χ3n) is 3.24. The van der Waals surface area contributed by atoms with E-state index >= 15 is 0 Å². The van der Waals surface area contributed by atoms with Crippen molar-refractivity contribution < 1.29 is 4.74 Å². The van der Waals surface area contributed by atoms with Gasteiger partial charge in [-0.25, -0.2) is 0 Å². The topological polar surface area (TPSA) is 34.1 Å². The maximum absolute atomic E-state index is 5.95. The van der Waals surface area contributed by atoms with Crippen LogP contribution in [0.5, 0.6) is 5.75 Å². The van der Waals surface area contributed by atoms with Gasteiger partial charge in [0, 0.05) is 31.0 Å². The molecule has 106 valence electrons. The lowest BCUT2D eigenvalue weighted by Crippen LogP contribution is -2.16. The van der Waals surface area contributed by atoms with Crippen molar-refractivity contribution in [3.8, 4) is 5.75 Å². The van der Waals surface area contributed by atoms with Gasteiger partial charge >= 0.3 is 0 Å². The molecule has 0 aliphatic carbocycles. The average Bonchev–Trinajstić information content (AvgIpc) is 2.50. The first-order chi connectivity index (χ1) is 9.79. The van der Waals surface area contributed by atoms with E-state index < -0.39 is 0 Å². The summed E-state index contributed by atoms with van der Waals surface area (Å²) in [6, 6.07) is 12.2. The lowest BCUT2D eigenvalue weighted by molar-refractivity contribution is 0.215. The van der Waals surface area contributed by atoms with Crippen molar-refractivity contribution in [1.82, 2.24) is 10.3 Å². The van der Waals surface area contributed by atoms with E-state index in [2.05, 4.69) is 36.3 Å². The van der Waals surface area contributed by atoms with Crippen LogP contribution in [-0.4, -0.2) is 11.1 Å². The SMILES string of the molecule is CCC(C)Oc1ccccc1CNCc1cccnc1. The minimum absolute atomic E-state index is 0.245. The van der Waals surface area contributed by atoms with Crippen LogP contribution in [0.2, 0.25) is 0 Å². The number of rotatable bonds is 7. The number of hydrogen-bond donors (Lipinski definition) is 1. The molecule has 0 fully saturated rings. The highest BCUT2D eigenvalue weighted by molar-refractivity contribution is 5.33. The second-order valence-corrected chi connectivity index (χ2v) is 4.91. The number of benzene rings is 1. The van der Waals surface area contributed by atoms with E-state index in [0.29, 0.717) is 0 Å². The number of nitrogens with one attached hydrogen (secondary N) is 1. The zero-order valence-electron chi connectivity index (χ0n) is 12.2. The fourth-order valence-electron chi connectivity index (χ4n) is 1.91. The first-order valence-corrected chi connectivity index (χ1v) is 7.13. The molecule has 3 nitrogen and oxygen atoms in total. The number of pyridine rings is 1. The highest BCUT2D eigenvalue weighted by Gasteiger charge is 2.06. The van der Waals surface area contributed by atoms with Crippen LogP contribution in [0.4, 0.5) is 0 Å². The van der Waals surface area contributed by atoms with Crippen LogP contribution in [0.3, 0.4) is 0 Å². The molecule has 0 amide bonds. The Hall–Kier alpha value is -1.87. The zero-order valence-corrected chi connectivity index (χ0v) is 12.2. The zero-order chi connectivity index (χ0) is 14.2. The summed E-state index contributed by atoms with van der Waals surface area (Å²) >= 11 is 0. The van der Waals surface area contributed by atoms with Crippen molar-refractivity contribution >= 4 is 0 Å². The Morgan fingerprint density at radius 1 is 1.15 bits per heavy atom. The Balaban J connectivity index is 1.92. The summed E-state index contributed by atoms with van der Waals surface area (Å²) in [6.07, 6.45) is 4.93. The molecule has 0 bridgehead atoms. The molecule has 1 heterocycles. The molecule has 0 saturated heterocycles. The van der Waals surface area contributed by atoms with Crippen molar-refractivity contribution in [2.24, 2.45) is 0 Å². The van der Waals surface area contributed by atoms with Crippen molar-refractivity contribution in [2.45, 2.75) is 39.5 Å². The minimum atomic E-state index is 0.245. The van der Waals surface area contributed by atoms with E-state index in [1.54, 1.807) is 6.20 Å². The minimum Gasteiger partial charge on any atom is -0.490 e. The summed E-state index contributed by atoms with van der Waals surface area (Å²) in [5.74, 6) is 0.973. The molecular weight excluding hydrogens is 248 g/mol. The van der Waals surface area contributed by atoms with Gasteiger partial charge in [0.15, 0.2) is 0 Å². The van der Waals surface area contributed by atoms with E-state index in [9.17, 15) is 0 Å². The van der Waals surface area contributed by atoms with Crippen LogP contribution in [0.1, 0.15) is 31.4 Å². The van der Waals surface area contributed by atoms with Crippen molar-refractivity contribution in [3.63, 3.8) is 0 Å². The molecule has 1 unspecified atom stereocenters. The summed E-state index contributed by atoms with van der Waals surface area (Å²) in [4.78, 5) is 4.11. The van der Waals surface area contributed by atoms with Gasteiger partial charge in [-0.3, -0.25) is 4.98 Å². The van der Waals surface area contributed by atoms with E-state index in [1.165, 1.54) is 11.1 Å². The quantitative estimate of drug-likeness (QED) is 0.835. The van der Waals surface area contributed by atoms with Gasteiger partial charge in [-0.05, 0) is 31.0 Å². The lowest BCUT2D eigenvalue weighted by Gasteiger charge is -2.16. The fourth-order valence-corrected chi connectivity index (χ4v) is 1.91. The molecule has 2 rings (SSSR count). The molecule has 2 aromatic rings. The molecular formula is C17H22N2O. The third-order valence-corrected chi connectivity index (χ3v) is 3.24. The van der Waals surface area contributed by atoms with Gasteiger partial charge in [-0.1, -0.05) is 31.2 Å². The van der Waals surface area contributed by atoms with E-state index in [-0.39, 0.29) is 6.10 Å². The molecule has 1 atom stereocenters. The summed E-state index contributed by atoms with van der Waals surface area (Å²) in [5, 5.41) is 3.43. The molecule has 0 aliphatic rings. The predicted octanol–water partition coefficient (Wildman–Crippen LogP) is 3.55. The fraction of sp³-hybridized carbons (Fsp3) is 0.353. The van der Waals surface area contributed by atoms with E-state index in [4.69, 9.17) is 4.74 Å². The largest absolute Gasteiger partial charge is 0.490 e. The number of hydrogen-bond acceptors (Lipinski definition) is 3. The molecule has 0 radical (unpaired) electrons.